The molecule has 1 aromatic heterocycles. The molecular weight excluding hydrogens is 315 g/mol. The fourth-order valence-corrected chi connectivity index (χ4v) is 2.43. The number of rotatable bonds is 7. The van der Waals surface area contributed by atoms with E-state index >= 15 is 0 Å². The van der Waals surface area contributed by atoms with Gasteiger partial charge in [0.2, 0.25) is 5.91 Å². The Morgan fingerprint density at radius 2 is 2.42 bits per heavy atom. The number of hydrogen-bond acceptors (Lipinski definition) is 5. The average molecular weight is 334 g/mol. The van der Waals surface area contributed by atoms with E-state index in [4.69, 9.17) is 9.47 Å². The summed E-state index contributed by atoms with van der Waals surface area (Å²) < 4.78 is 25.4. The molecule has 1 aliphatic heterocycles. The van der Waals surface area contributed by atoms with E-state index in [0.717, 1.165) is 19.4 Å². The molecule has 1 N–H and O–H groups in total. The molecule has 24 heavy (non-hydrogen) atoms. The van der Waals surface area contributed by atoms with Crippen molar-refractivity contribution in [3.8, 4) is 5.75 Å². The highest BCUT2D eigenvalue weighted by molar-refractivity contribution is 5.75. The second kappa shape index (κ2) is 7.87. The number of benzene rings is 1. The molecule has 2 aromatic rings. The lowest BCUT2D eigenvalue weighted by Crippen LogP contribution is -2.34. The van der Waals surface area contributed by atoms with Crippen LogP contribution >= 0.6 is 0 Å². The number of hydrogen-bond donors (Lipinski definition) is 1. The van der Waals surface area contributed by atoms with Crippen LogP contribution in [0, 0.1) is 5.82 Å². The predicted octanol–water partition coefficient (Wildman–Crippen LogP) is 1.29. The zero-order valence-electron chi connectivity index (χ0n) is 13.2. The van der Waals surface area contributed by atoms with Crippen LogP contribution in [0.15, 0.2) is 30.5 Å². The first-order valence-corrected chi connectivity index (χ1v) is 7.85. The van der Waals surface area contributed by atoms with E-state index in [-0.39, 0.29) is 31.0 Å². The molecule has 1 aromatic carbocycles. The minimum atomic E-state index is -0.362. The monoisotopic (exact) mass is 334 g/mol. The van der Waals surface area contributed by atoms with Gasteiger partial charge in [-0.15, -0.1) is 5.10 Å². The Morgan fingerprint density at radius 1 is 1.50 bits per heavy atom. The molecular formula is C16H19FN4O3. The van der Waals surface area contributed by atoms with Crippen LogP contribution in [0.5, 0.6) is 5.75 Å². The predicted molar refractivity (Wildman–Crippen MR) is 82.7 cm³/mol. The van der Waals surface area contributed by atoms with Gasteiger partial charge < -0.3 is 14.8 Å². The van der Waals surface area contributed by atoms with E-state index in [9.17, 15) is 9.18 Å². The third kappa shape index (κ3) is 4.76. The summed E-state index contributed by atoms with van der Waals surface area (Å²) in [7, 11) is 0. The minimum absolute atomic E-state index is 0.0830. The first-order chi connectivity index (χ1) is 11.7. The van der Waals surface area contributed by atoms with Crippen molar-refractivity contribution < 1.29 is 18.7 Å². The Hall–Kier alpha value is -2.48. The van der Waals surface area contributed by atoms with Crippen LogP contribution in [0.2, 0.25) is 0 Å². The normalized spacial score (nSPS) is 17.0. The maximum Gasteiger partial charge on any atom is 0.241 e. The van der Waals surface area contributed by atoms with Gasteiger partial charge >= 0.3 is 0 Å². The molecule has 7 nitrogen and oxygen atoms in total. The van der Waals surface area contributed by atoms with Gasteiger partial charge in [-0.25, -0.2) is 9.07 Å². The van der Waals surface area contributed by atoms with Crippen LogP contribution in [0.4, 0.5) is 4.39 Å². The average Bonchev–Trinajstić information content (AvgIpc) is 3.23. The molecule has 2 heterocycles. The van der Waals surface area contributed by atoms with Crippen molar-refractivity contribution in [2.45, 2.75) is 32.1 Å². The zero-order valence-corrected chi connectivity index (χ0v) is 13.2. The number of aromatic nitrogens is 3. The molecule has 1 unspecified atom stereocenters. The van der Waals surface area contributed by atoms with Gasteiger partial charge in [-0.3, -0.25) is 4.79 Å². The van der Waals surface area contributed by atoms with Gasteiger partial charge in [0.05, 0.1) is 12.3 Å². The van der Waals surface area contributed by atoms with Crippen molar-refractivity contribution in [3.05, 3.63) is 42.0 Å². The quantitative estimate of drug-likeness (QED) is 0.825. The first kappa shape index (κ1) is 16.4. The Morgan fingerprint density at radius 3 is 3.21 bits per heavy atom. The molecule has 128 valence electrons. The molecule has 0 saturated carbocycles. The van der Waals surface area contributed by atoms with Crippen molar-refractivity contribution >= 4 is 5.91 Å². The Balaban J connectivity index is 1.43. The van der Waals surface area contributed by atoms with Crippen LogP contribution in [-0.4, -0.2) is 40.2 Å². The molecule has 1 saturated heterocycles. The summed E-state index contributed by atoms with van der Waals surface area (Å²) in [6.45, 7) is 1.52. The first-order valence-electron chi connectivity index (χ1n) is 7.85. The second-order valence-corrected chi connectivity index (χ2v) is 5.59. The van der Waals surface area contributed by atoms with Gasteiger partial charge in [-0.05, 0) is 25.0 Å². The maximum absolute atomic E-state index is 13.1. The lowest BCUT2D eigenvalue weighted by molar-refractivity contribution is -0.122. The lowest BCUT2D eigenvalue weighted by atomic mass is 10.2. The van der Waals surface area contributed by atoms with Crippen LogP contribution in [0.1, 0.15) is 18.5 Å². The Kier molecular flexibility index (Phi) is 5.37. The minimum Gasteiger partial charge on any atom is -0.487 e. The number of amides is 1. The smallest absolute Gasteiger partial charge is 0.241 e. The molecule has 3 rings (SSSR count). The van der Waals surface area contributed by atoms with Crippen LogP contribution in [-0.2, 0) is 22.7 Å². The lowest BCUT2D eigenvalue weighted by Gasteiger charge is -2.10. The van der Waals surface area contributed by atoms with Gasteiger partial charge in [0.15, 0.2) is 0 Å². The molecule has 0 spiro atoms. The van der Waals surface area contributed by atoms with E-state index < -0.39 is 0 Å². The largest absolute Gasteiger partial charge is 0.487 e. The number of nitrogens with one attached hydrogen (secondary N) is 1. The molecule has 1 fully saturated rings. The van der Waals surface area contributed by atoms with Crippen molar-refractivity contribution in [2.75, 3.05) is 13.2 Å². The Labute approximate surface area is 138 Å². The van der Waals surface area contributed by atoms with Crippen LogP contribution in [0.25, 0.3) is 0 Å². The van der Waals surface area contributed by atoms with E-state index in [1.807, 2.05) is 0 Å². The van der Waals surface area contributed by atoms with Crippen molar-refractivity contribution in [3.63, 3.8) is 0 Å². The molecule has 8 heteroatoms. The van der Waals surface area contributed by atoms with E-state index in [2.05, 4.69) is 15.6 Å². The second-order valence-electron chi connectivity index (χ2n) is 5.59. The number of nitrogens with zero attached hydrogens (tertiary/aromatic N) is 3. The van der Waals surface area contributed by atoms with E-state index in [0.29, 0.717) is 18.0 Å². The highest BCUT2D eigenvalue weighted by Gasteiger charge is 2.16. The number of halogens is 1. The van der Waals surface area contributed by atoms with Gasteiger partial charge in [0.25, 0.3) is 0 Å². The van der Waals surface area contributed by atoms with E-state index in [1.165, 1.54) is 16.8 Å². The summed E-state index contributed by atoms with van der Waals surface area (Å²) in [4.78, 5) is 11.9. The topological polar surface area (TPSA) is 78.3 Å². The standard InChI is InChI=1S/C16H19FN4O3/c17-12-3-1-4-14(7-12)24-11-13-9-21(20-19-13)10-16(22)18-8-15-5-2-6-23-15/h1,3-4,7,9,15H,2,5-6,8,10-11H2,(H,18,22). The molecule has 0 bridgehead atoms. The number of carbonyl (C=O) groups excluding carboxylic acids is 1. The molecule has 1 atom stereocenters. The third-order valence-electron chi connectivity index (χ3n) is 3.63. The van der Waals surface area contributed by atoms with E-state index in [1.54, 1.807) is 18.3 Å². The molecule has 0 radical (unpaired) electrons. The fourth-order valence-electron chi connectivity index (χ4n) is 2.43. The summed E-state index contributed by atoms with van der Waals surface area (Å²) in [5.41, 5.74) is 0.561. The van der Waals surface area contributed by atoms with Crippen LogP contribution in [0.3, 0.4) is 0 Å². The molecule has 1 aliphatic rings. The zero-order chi connectivity index (χ0) is 16.8. The number of carbonyl (C=O) groups is 1. The summed E-state index contributed by atoms with van der Waals surface area (Å²) in [5, 5.41) is 10.6. The van der Waals surface area contributed by atoms with Gasteiger partial charge in [0, 0.05) is 19.2 Å². The fraction of sp³-hybridized carbons (Fsp3) is 0.438. The SMILES string of the molecule is O=C(Cn1cc(COc2cccc(F)c2)nn1)NCC1CCCO1. The van der Waals surface area contributed by atoms with Crippen LogP contribution < -0.4 is 10.1 Å². The van der Waals surface area contributed by atoms with Gasteiger partial charge in [-0.2, -0.15) is 0 Å². The molecule has 1 amide bonds. The summed E-state index contributed by atoms with van der Waals surface area (Å²) in [6, 6.07) is 5.87. The maximum atomic E-state index is 13.1. The summed E-state index contributed by atoms with van der Waals surface area (Å²) in [6.07, 6.45) is 3.76. The van der Waals surface area contributed by atoms with Crippen molar-refractivity contribution in [1.29, 1.82) is 0 Å². The molecule has 0 aliphatic carbocycles. The summed E-state index contributed by atoms with van der Waals surface area (Å²) >= 11 is 0. The van der Waals surface area contributed by atoms with Gasteiger partial charge in [0.1, 0.15) is 30.4 Å². The highest BCUT2D eigenvalue weighted by Crippen LogP contribution is 2.13. The van der Waals surface area contributed by atoms with Crippen molar-refractivity contribution in [1.82, 2.24) is 20.3 Å². The van der Waals surface area contributed by atoms with Gasteiger partial charge in [-0.1, -0.05) is 11.3 Å². The Bertz CT molecular complexity index is 685. The third-order valence-corrected chi connectivity index (χ3v) is 3.63. The highest BCUT2D eigenvalue weighted by atomic mass is 19.1. The summed E-state index contributed by atoms with van der Waals surface area (Å²) in [5.74, 6) is -0.0917. The number of ether oxygens (including phenoxy) is 2. The van der Waals surface area contributed by atoms with Crippen molar-refractivity contribution in [2.24, 2.45) is 0 Å².